The zero-order valence-electron chi connectivity index (χ0n) is 10.6. The first-order chi connectivity index (χ1) is 9.58. The third-order valence-electron chi connectivity index (χ3n) is 3.99. The molecule has 0 spiro atoms. The third-order valence-corrected chi connectivity index (χ3v) is 4.32. The molecule has 1 amide bonds. The van der Waals surface area contributed by atoms with Gasteiger partial charge in [0.25, 0.3) is 0 Å². The summed E-state index contributed by atoms with van der Waals surface area (Å²) >= 11 is 5.99. The molecule has 0 radical (unpaired) electrons. The molecule has 2 N–H and O–H groups in total. The fraction of sp³-hybridized carbons (Fsp3) is 0.429. The summed E-state index contributed by atoms with van der Waals surface area (Å²) in [6.45, 7) is 0. The topological polar surface area (TPSA) is 75.6 Å². The molecule has 2 aliphatic rings. The Bertz CT molecular complexity index is 562. The molecule has 1 aromatic carbocycles. The summed E-state index contributed by atoms with van der Waals surface area (Å²) in [4.78, 5) is 23.7. The van der Waals surface area contributed by atoms with Crippen molar-refractivity contribution in [2.45, 2.75) is 25.0 Å². The van der Waals surface area contributed by atoms with Gasteiger partial charge in [0, 0.05) is 0 Å². The molecular weight excluding hydrogens is 282 g/mol. The highest BCUT2D eigenvalue weighted by atomic mass is 35.5. The summed E-state index contributed by atoms with van der Waals surface area (Å²) in [6, 6.07) is 6.87. The number of benzene rings is 1. The first-order valence-electron chi connectivity index (χ1n) is 6.51. The van der Waals surface area contributed by atoms with E-state index in [9.17, 15) is 14.7 Å². The summed E-state index contributed by atoms with van der Waals surface area (Å²) < 4.78 is 5.57. The number of carbonyl (C=O) groups excluding carboxylic acids is 1. The zero-order valence-corrected chi connectivity index (χ0v) is 11.3. The van der Waals surface area contributed by atoms with Gasteiger partial charge in [-0.1, -0.05) is 23.7 Å². The highest BCUT2D eigenvalue weighted by molar-refractivity contribution is 6.33. The van der Waals surface area contributed by atoms with Crippen LogP contribution < -0.4 is 5.32 Å². The molecule has 4 atom stereocenters. The van der Waals surface area contributed by atoms with Crippen LogP contribution in [-0.4, -0.2) is 29.2 Å². The van der Waals surface area contributed by atoms with Gasteiger partial charge in [-0.05, 0) is 25.0 Å². The number of hydrogen-bond acceptors (Lipinski definition) is 3. The number of halogens is 1. The first kappa shape index (κ1) is 13.4. The Kier molecular flexibility index (Phi) is 3.40. The summed E-state index contributed by atoms with van der Waals surface area (Å²) in [5, 5.41) is 12.4. The average Bonchev–Trinajstić information content (AvgIpc) is 3.01. The molecule has 1 aromatic rings. The Morgan fingerprint density at radius 2 is 1.85 bits per heavy atom. The van der Waals surface area contributed by atoms with Gasteiger partial charge >= 0.3 is 5.97 Å². The number of ether oxygens (including phenoxy) is 1. The van der Waals surface area contributed by atoms with Crippen LogP contribution in [0.15, 0.2) is 24.3 Å². The molecule has 3 rings (SSSR count). The predicted octanol–water partition coefficient (Wildman–Crippen LogP) is 2.16. The first-order valence-corrected chi connectivity index (χ1v) is 6.89. The standard InChI is InChI=1S/C14H14ClNO4/c15-7-3-1-2-4-8(7)16-13(17)11-9-5-6-10(20-9)12(11)14(18)19/h1-4,9-12H,5-6H2,(H,16,17)(H,18,19)/t9-,10-,11+,12-/m1/s1. The summed E-state index contributed by atoms with van der Waals surface area (Å²) in [6.07, 6.45) is 0.787. The van der Waals surface area contributed by atoms with Crippen molar-refractivity contribution in [2.75, 3.05) is 5.32 Å². The van der Waals surface area contributed by atoms with E-state index in [-0.39, 0.29) is 18.1 Å². The number of nitrogens with one attached hydrogen (secondary N) is 1. The monoisotopic (exact) mass is 295 g/mol. The second kappa shape index (κ2) is 5.07. The van der Waals surface area contributed by atoms with Crippen molar-refractivity contribution in [3.05, 3.63) is 29.3 Å². The number of anilines is 1. The normalized spacial score (nSPS) is 31.2. The van der Waals surface area contributed by atoms with Crippen LogP contribution in [0.1, 0.15) is 12.8 Å². The van der Waals surface area contributed by atoms with Gasteiger partial charge in [0.1, 0.15) is 0 Å². The molecule has 106 valence electrons. The molecule has 0 aromatic heterocycles. The van der Waals surface area contributed by atoms with Gasteiger partial charge < -0.3 is 15.2 Å². The van der Waals surface area contributed by atoms with Crippen molar-refractivity contribution in [2.24, 2.45) is 11.8 Å². The van der Waals surface area contributed by atoms with Crippen molar-refractivity contribution in [3.8, 4) is 0 Å². The van der Waals surface area contributed by atoms with E-state index >= 15 is 0 Å². The minimum Gasteiger partial charge on any atom is -0.481 e. The van der Waals surface area contributed by atoms with Crippen molar-refractivity contribution in [1.29, 1.82) is 0 Å². The van der Waals surface area contributed by atoms with Crippen LogP contribution in [0, 0.1) is 11.8 Å². The van der Waals surface area contributed by atoms with Crippen LogP contribution in [0.25, 0.3) is 0 Å². The molecule has 0 unspecified atom stereocenters. The van der Waals surface area contributed by atoms with Gasteiger partial charge in [-0.15, -0.1) is 0 Å². The number of carbonyl (C=O) groups is 2. The quantitative estimate of drug-likeness (QED) is 0.896. The Hall–Kier alpha value is -1.59. The SMILES string of the molecule is O=C(Nc1ccccc1Cl)[C@@H]1[C@H](C(=O)O)[C@H]2CC[C@H]1O2. The summed E-state index contributed by atoms with van der Waals surface area (Å²) in [5.74, 6) is -2.73. The molecule has 5 nitrogen and oxygen atoms in total. The number of hydrogen-bond donors (Lipinski definition) is 2. The van der Waals surface area contributed by atoms with E-state index in [0.717, 1.165) is 6.42 Å². The van der Waals surface area contributed by atoms with E-state index in [4.69, 9.17) is 16.3 Å². The van der Waals surface area contributed by atoms with E-state index in [1.807, 2.05) is 0 Å². The molecule has 2 fully saturated rings. The number of carboxylic acids is 1. The summed E-state index contributed by atoms with van der Waals surface area (Å²) in [7, 11) is 0. The second-order valence-corrected chi connectivity index (χ2v) is 5.56. The Morgan fingerprint density at radius 3 is 2.50 bits per heavy atom. The van der Waals surface area contributed by atoms with Crippen LogP contribution in [0.2, 0.25) is 5.02 Å². The number of amides is 1. The van der Waals surface area contributed by atoms with Crippen molar-refractivity contribution < 1.29 is 19.4 Å². The number of aliphatic carboxylic acids is 1. The number of para-hydroxylation sites is 1. The average molecular weight is 296 g/mol. The minimum atomic E-state index is -0.975. The molecule has 0 saturated carbocycles. The largest absolute Gasteiger partial charge is 0.481 e. The number of carboxylic acid groups (broad SMARTS) is 1. The lowest BCUT2D eigenvalue weighted by Gasteiger charge is -2.24. The predicted molar refractivity (Wildman–Crippen MR) is 72.6 cm³/mol. The lowest BCUT2D eigenvalue weighted by molar-refractivity contribution is -0.147. The smallest absolute Gasteiger partial charge is 0.310 e. The van der Waals surface area contributed by atoms with Crippen LogP contribution in [0.5, 0.6) is 0 Å². The van der Waals surface area contributed by atoms with Gasteiger partial charge in [0.2, 0.25) is 5.91 Å². The fourth-order valence-corrected chi connectivity index (χ4v) is 3.29. The maximum Gasteiger partial charge on any atom is 0.310 e. The Labute approximate surface area is 120 Å². The molecular formula is C14H14ClNO4. The van der Waals surface area contributed by atoms with Crippen molar-refractivity contribution in [1.82, 2.24) is 0 Å². The lowest BCUT2D eigenvalue weighted by Crippen LogP contribution is -2.40. The maximum atomic E-state index is 12.4. The van der Waals surface area contributed by atoms with E-state index in [0.29, 0.717) is 17.1 Å². The molecule has 0 aliphatic carbocycles. The highest BCUT2D eigenvalue weighted by Gasteiger charge is 2.55. The van der Waals surface area contributed by atoms with Crippen LogP contribution in [-0.2, 0) is 14.3 Å². The molecule has 2 aliphatic heterocycles. The maximum absolute atomic E-state index is 12.4. The van der Waals surface area contributed by atoms with Gasteiger partial charge in [-0.2, -0.15) is 0 Å². The van der Waals surface area contributed by atoms with Gasteiger partial charge in [-0.25, -0.2) is 0 Å². The number of fused-ring (bicyclic) bond motifs is 2. The lowest BCUT2D eigenvalue weighted by atomic mass is 9.78. The molecule has 2 bridgehead atoms. The van der Waals surface area contributed by atoms with Crippen molar-refractivity contribution in [3.63, 3.8) is 0 Å². The fourth-order valence-electron chi connectivity index (χ4n) is 3.10. The van der Waals surface area contributed by atoms with Gasteiger partial charge in [0.15, 0.2) is 0 Å². The highest BCUT2D eigenvalue weighted by Crippen LogP contribution is 2.44. The number of rotatable bonds is 3. The third kappa shape index (κ3) is 2.17. The van der Waals surface area contributed by atoms with Crippen LogP contribution >= 0.6 is 11.6 Å². The van der Waals surface area contributed by atoms with Gasteiger partial charge in [-0.3, -0.25) is 9.59 Å². The zero-order chi connectivity index (χ0) is 14.3. The van der Waals surface area contributed by atoms with E-state index in [1.165, 1.54) is 0 Å². The second-order valence-electron chi connectivity index (χ2n) is 5.15. The molecule has 2 saturated heterocycles. The molecule has 2 heterocycles. The van der Waals surface area contributed by atoms with Gasteiger partial charge in [0.05, 0.1) is 34.8 Å². The molecule has 6 heteroatoms. The minimum absolute atomic E-state index is 0.302. The van der Waals surface area contributed by atoms with Crippen molar-refractivity contribution >= 4 is 29.2 Å². The van der Waals surface area contributed by atoms with E-state index < -0.39 is 17.8 Å². The van der Waals surface area contributed by atoms with E-state index in [2.05, 4.69) is 5.32 Å². The van der Waals surface area contributed by atoms with Crippen LogP contribution in [0.3, 0.4) is 0 Å². The van der Waals surface area contributed by atoms with Crippen LogP contribution in [0.4, 0.5) is 5.69 Å². The van der Waals surface area contributed by atoms with E-state index in [1.54, 1.807) is 24.3 Å². The summed E-state index contributed by atoms with van der Waals surface area (Å²) in [5.41, 5.74) is 0.492. The Balaban J connectivity index is 1.80. The molecule has 20 heavy (non-hydrogen) atoms. The Morgan fingerprint density at radius 1 is 1.20 bits per heavy atom.